The van der Waals surface area contributed by atoms with Crippen molar-refractivity contribution in [2.75, 3.05) is 13.2 Å². The van der Waals surface area contributed by atoms with Gasteiger partial charge in [-0.2, -0.15) is 13.2 Å². The molecule has 2 nitrogen and oxygen atoms in total. The van der Waals surface area contributed by atoms with Gasteiger partial charge in [0.05, 0.1) is 6.61 Å². The lowest BCUT2D eigenvalue weighted by Crippen LogP contribution is -2.51. The molecule has 0 spiro atoms. The van der Waals surface area contributed by atoms with Gasteiger partial charge in [0.25, 0.3) is 0 Å². The lowest BCUT2D eigenvalue weighted by molar-refractivity contribution is -0.228. The molecule has 1 heterocycles. The SMILES string of the molecule is CCC1COC(C(F)(F)F)CN1. The maximum atomic E-state index is 12.0. The number of ether oxygens (including phenoxy) is 1. The Bertz CT molecular complexity index is 140. The molecule has 1 aliphatic rings. The number of morpholine rings is 1. The Balaban J connectivity index is 2.36. The van der Waals surface area contributed by atoms with Crippen LogP contribution in [0.3, 0.4) is 0 Å². The van der Waals surface area contributed by atoms with Gasteiger partial charge in [-0.1, -0.05) is 6.92 Å². The van der Waals surface area contributed by atoms with Crippen molar-refractivity contribution in [2.24, 2.45) is 0 Å². The second-order valence-corrected chi connectivity index (χ2v) is 2.88. The van der Waals surface area contributed by atoms with Gasteiger partial charge in [0.15, 0.2) is 6.10 Å². The van der Waals surface area contributed by atoms with Gasteiger partial charge < -0.3 is 10.1 Å². The van der Waals surface area contributed by atoms with E-state index in [9.17, 15) is 13.2 Å². The number of nitrogens with one attached hydrogen (secondary N) is 1. The quantitative estimate of drug-likeness (QED) is 0.661. The first-order chi connectivity index (χ1) is 5.54. The van der Waals surface area contributed by atoms with Crippen LogP contribution >= 0.6 is 0 Å². The van der Waals surface area contributed by atoms with Gasteiger partial charge in [-0.15, -0.1) is 0 Å². The molecule has 0 aromatic heterocycles. The van der Waals surface area contributed by atoms with Crippen molar-refractivity contribution in [3.63, 3.8) is 0 Å². The van der Waals surface area contributed by atoms with Crippen LogP contribution in [0.25, 0.3) is 0 Å². The van der Waals surface area contributed by atoms with Gasteiger partial charge in [-0.05, 0) is 6.42 Å². The summed E-state index contributed by atoms with van der Waals surface area (Å²) >= 11 is 0. The number of hydrogen-bond donors (Lipinski definition) is 1. The van der Waals surface area contributed by atoms with E-state index in [-0.39, 0.29) is 19.2 Å². The molecule has 0 aliphatic carbocycles. The van der Waals surface area contributed by atoms with E-state index in [0.717, 1.165) is 6.42 Å². The zero-order valence-electron chi connectivity index (χ0n) is 6.82. The lowest BCUT2D eigenvalue weighted by Gasteiger charge is -2.30. The van der Waals surface area contributed by atoms with Gasteiger partial charge >= 0.3 is 6.18 Å². The number of halogens is 3. The fraction of sp³-hybridized carbons (Fsp3) is 1.00. The highest BCUT2D eigenvalue weighted by Gasteiger charge is 2.42. The van der Waals surface area contributed by atoms with Crippen molar-refractivity contribution < 1.29 is 17.9 Å². The Labute approximate surface area is 69.1 Å². The van der Waals surface area contributed by atoms with Crippen LogP contribution < -0.4 is 5.32 Å². The molecule has 1 rings (SSSR count). The first kappa shape index (κ1) is 9.80. The predicted octanol–water partition coefficient (Wildman–Crippen LogP) is 1.32. The fourth-order valence-electron chi connectivity index (χ4n) is 1.10. The van der Waals surface area contributed by atoms with Crippen LogP contribution in [-0.2, 0) is 4.74 Å². The second-order valence-electron chi connectivity index (χ2n) is 2.88. The first-order valence-electron chi connectivity index (χ1n) is 3.95. The standard InChI is InChI=1S/C7H12F3NO/c1-2-5-4-12-6(3-11-5)7(8,9)10/h5-6,11H,2-4H2,1H3. The minimum atomic E-state index is -4.23. The van der Waals surface area contributed by atoms with E-state index in [2.05, 4.69) is 10.1 Å². The second kappa shape index (κ2) is 3.62. The summed E-state index contributed by atoms with van der Waals surface area (Å²) in [5.41, 5.74) is 0. The zero-order valence-corrected chi connectivity index (χ0v) is 6.82. The van der Waals surface area contributed by atoms with Crippen molar-refractivity contribution in [3.05, 3.63) is 0 Å². The minimum absolute atomic E-state index is 0.0728. The van der Waals surface area contributed by atoms with E-state index in [1.54, 1.807) is 0 Å². The Morgan fingerprint density at radius 2 is 2.17 bits per heavy atom. The topological polar surface area (TPSA) is 21.3 Å². The summed E-state index contributed by atoms with van der Waals surface area (Å²) in [6.45, 7) is 1.94. The van der Waals surface area contributed by atoms with E-state index in [1.165, 1.54) is 0 Å². The number of alkyl halides is 3. The molecule has 12 heavy (non-hydrogen) atoms. The van der Waals surface area contributed by atoms with Gasteiger partial charge in [-0.25, -0.2) is 0 Å². The molecule has 1 fully saturated rings. The van der Waals surface area contributed by atoms with E-state index in [0.29, 0.717) is 0 Å². The van der Waals surface area contributed by atoms with Crippen LogP contribution in [0.1, 0.15) is 13.3 Å². The molecule has 0 saturated carbocycles. The van der Waals surface area contributed by atoms with Crippen molar-refractivity contribution in [3.8, 4) is 0 Å². The van der Waals surface area contributed by atoms with Gasteiger partial charge in [0.1, 0.15) is 0 Å². The molecule has 72 valence electrons. The Morgan fingerprint density at radius 3 is 2.50 bits per heavy atom. The van der Waals surface area contributed by atoms with Crippen molar-refractivity contribution in [1.29, 1.82) is 0 Å². The highest BCUT2D eigenvalue weighted by molar-refractivity contribution is 4.79. The number of hydrogen-bond acceptors (Lipinski definition) is 2. The Hall–Kier alpha value is -0.290. The van der Waals surface area contributed by atoms with Gasteiger partial charge in [-0.3, -0.25) is 0 Å². The lowest BCUT2D eigenvalue weighted by atomic mass is 10.2. The third kappa shape index (κ3) is 2.35. The van der Waals surface area contributed by atoms with Crippen LogP contribution in [0.4, 0.5) is 13.2 Å². The minimum Gasteiger partial charge on any atom is -0.366 e. The van der Waals surface area contributed by atoms with Crippen LogP contribution in [0.15, 0.2) is 0 Å². The molecule has 2 atom stereocenters. The first-order valence-corrected chi connectivity index (χ1v) is 3.95. The molecule has 0 radical (unpaired) electrons. The molecule has 1 N–H and O–H groups in total. The van der Waals surface area contributed by atoms with Crippen LogP contribution in [0.2, 0.25) is 0 Å². The molecule has 0 bridgehead atoms. The molecule has 5 heteroatoms. The van der Waals surface area contributed by atoms with Crippen molar-refractivity contribution >= 4 is 0 Å². The number of rotatable bonds is 1. The van der Waals surface area contributed by atoms with E-state index in [4.69, 9.17) is 0 Å². The summed E-state index contributed by atoms with van der Waals surface area (Å²) in [5.74, 6) is 0. The molecule has 1 saturated heterocycles. The molecular formula is C7H12F3NO. The summed E-state index contributed by atoms with van der Waals surface area (Å²) in [6.07, 6.45) is -5.06. The van der Waals surface area contributed by atoms with Crippen molar-refractivity contribution in [2.45, 2.75) is 31.7 Å². The average molecular weight is 183 g/mol. The summed E-state index contributed by atoms with van der Waals surface area (Å²) in [5, 5.41) is 2.78. The molecule has 0 aromatic carbocycles. The third-order valence-electron chi connectivity index (χ3n) is 1.95. The van der Waals surface area contributed by atoms with E-state index < -0.39 is 12.3 Å². The maximum absolute atomic E-state index is 12.0. The van der Waals surface area contributed by atoms with Crippen LogP contribution in [-0.4, -0.2) is 31.5 Å². The molecular weight excluding hydrogens is 171 g/mol. The predicted molar refractivity (Wildman–Crippen MR) is 37.9 cm³/mol. The highest BCUT2D eigenvalue weighted by Crippen LogP contribution is 2.24. The van der Waals surface area contributed by atoms with E-state index in [1.807, 2.05) is 6.92 Å². The summed E-state index contributed by atoms with van der Waals surface area (Å²) in [6, 6.07) is 0.0728. The normalized spacial score (nSPS) is 32.0. The average Bonchev–Trinajstić information content (AvgIpc) is 2.03. The Morgan fingerprint density at radius 1 is 1.50 bits per heavy atom. The highest BCUT2D eigenvalue weighted by atomic mass is 19.4. The van der Waals surface area contributed by atoms with Crippen molar-refractivity contribution in [1.82, 2.24) is 5.32 Å². The fourth-order valence-corrected chi connectivity index (χ4v) is 1.10. The monoisotopic (exact) mass is 183 g/mol. The van der Waals surface area contributed by atoms with E-state index >= 15 is 0 Å². The third-order valence-corrected chi connectivity index (χ3v) is 1.95. The molecule has 2 unspecified atom stereocenters. The van der Waals surface area contributed by atoms with Crippen LogP contribution in [0.5, 0.6) is 0 Å². The van der Waals surface area contributed by atoms with Gasteiger partial charge in [0.2, 0.25) is 0 Å². The summed E-state index contributed by atoms with van der Waals surface area (Å²) in [7, 11) is 0. The van der Waals surface area contributed by atoms with Gasteiger partial charge in [0, 0.05) is 12.6 Å². The molecule has 0 amide bonds. The van der Waals surface area contributed by atoms with Crippen LogP contribution in [0, 0.1) is 0 Å². The Kier molecular flexibility index (Phi) is 2.95. The maximum Gasteiger partial charge on any atom is 0.415 e. The largest absolute Gasteiger partial charge is 0.415 e. The molecule has 1 aliphatic heterocycles. The molecule has 0 aromatic rings. The summed E-state index contributed by atoms with van der Waals surface area (Å²) in [4.78, 5) is 0. The smallest absolute Gasteiger partial charge is 0.366 e. The summed E-state index contributed by atoms with van der Waals surface area (Å²) < 4.78 is 40.7. The zero-order chi connectivity index (χ0) is 9.19.